The van der Waals surface area contributed by atoms with E-state index >= 15 is 0 Å². The van der Waals surface area contributed by atoms with Gasteiger partial charge in [-0.1, -0.05) is 26.2 Å². The molecule has 0 aliphatic carbocycles. The smallest absolute Gasteiger partial charge is 0.412 e. The maximum Gasteiger partial charge on any atom is 2.00 e. The van der Waals surface area contributed by atoms with Gasteiger partial charge in [0.05, 0.1) is 0 Å². The van der Waals surface area contributed by atoms with Gasteiger partial charge < -0.3 is 19.3 Å². The fraction of sp³-hybridized carbons (Fsp3) is 0.750. The van der Waals surface area contributed by atoms with Crippen LogP contribution in [0, 0.1) is 13.8 Å². The van der Waals surface area contributed by atoms with Crippen molar-refractivity contribution in [3.63, 3.8) is 0 Å². The number of rotatable bonds is 3. The predicted molar refractivity (Wildman–Crippen MR) is 44.1 cm³/mol. The topological polar surface area (TPSA) is 31.5 Å². The van der Waals surface area contributed by atoms with Gasteiger partial charge in [-0.05, 0) is 0 Å². The van der Waals surface area contributed by atoms with Crippen molar-refractivity contribution in [1.29, 1.82) is 0 Å². The van der Waals surface area contributed by atoms with Gasteiger partial charge in [0.15, 0.2) is 0 Å². The zero-order valence-corrected chi connectivity index (χ0v) is 10.4. The normalized spacial score (nSPS) is 6.00. The van der Waals surface area contributed by atoms with E-state index in [-0.39, 0.29) is 27.9 Å². The van der Waals surface area contributed by atoms with Gasteiger partial charge >= 0.3 is 22.4 Å². The van der Waals surface area contributed by atoms with Gasteiger partial charge in [-0.3, -0.25) is 0 Å². The van der Waals surface area contributed by atoms with Crippen LogP contribution in [0.15, 0.2) is 0 Å². The first-order chi connectivity index (χ1) is 3.91. The first-order valence-electron chi connectivity index (χ1n) is 3.41. The van der Waals surface area contributed by atoms with E-state index < -0.39 is 0 Å². The van der Waals surface area contributed by atoms with Gasteiger partial charge in [-0.2, -0.15) is 13.3 Å². The summed E-state index contributed by atoms with van der Waals surface area (Å²) in [5.41, 5.74) is 0. The Labute approximate surface area is 81.4 Å². The standard InChI is InChI=1S/C6H13.C2H5.H2O.Ta/c1-3-5-6-4-2;1-2;;/h1,3-6H2,2H3;1H2,2H3;1H2;/q2*-1;;+2. The quantitative estimate of drug-likeness (QED) is 0.566. The van der Waals surface area contributed by atoms with Crippen LogP contribution in [0.3, 0.4) is 0 Å². The molecule has 0 heterocycles. The molecule has 0 aliphatic rings. The molecular weight excluding hydrogens is 293 g/mol. The Kier molecular flexibility index (Phi) is 74.5. The molecule has 1 nitrogen and oxygen atoms in total. The minimum atomic E-state index is 0. The summed E-state index contributed by atoms with van der Waals surface area (Å²) in [5, 5.41) is 0. The Balaban J connectivity index is -0.0000000412. The van der Waals surface area contributed by atoms with Crippen LogP contribution in [-0.4, -0.2) is 5.48 Å². The second-order valence-corrected chi connectivity index (χ2v) is 1.56. The van der Waals surface area contributed by atoms with E-state index in [1.807, 2.05) is 0 Å². The molecule has 0 atom stereocenters. The Bertz CT molecular complexity index is 21.2. The minimum Gasteiger partial charge on any atom is -0.412 e. The molecule has 0 bridgehead atoms. The number of unbranched alkanes of at least 4 members (excludes halogenated alkanes) is 3. The summed E-state index contributed by atoms with van der Waals surface area (Å²) in [4.78, 5) is 0. The molecule has 0 aromatic rings. The van der Waals surface area contributed by atoms with E-state index in [2.05, 4.69) is 20.8 Å². The van der Waals surface area contributed by atoms with Crippen LogP contribution in [-0.2, 0) is 22.4 Å². The van der Waals surface area contributed by atoms with Crippen LogP contribution in [0.25, 0.3) is 0 Å². The van der Waals surface area contributed by atoms with Crippen LogP contribution < -0.4 is 0 Å². The van der Waals surface area contributed by atoms with E-state index in [1.165, 1.54) is 19.3 Å². The summed E-state index contributed by atoms with van der Waals surface area (Å²) in [6.07, 6.45) is 5.07. The largest absolute Gasteiger partial charge is 2.00 e. The van der Waals surface area contributed by atoms with Crippen LogP contribution in [0.5, 0.6) is 0 Å². The zero-order chi connectivity index (χ0) is 6.83. The first kappa shape index (κ1) is 22.4. The summed E-state index contributed by atoms with van der Waals surface area (Å²) in [6.45, 7) is 10.9. The molecule has 0 fully saturated rings. The van der Waals surface area contributed by atoms with Crippen molar-refractivity contribution in [3.8, 4) is 0 Å². The van der Waals surface area contributed by atoms with Crippen molar-refractivity contribution >= 4 is 0 Å². The van der Waals surface area contributed by atoms with E-state index in [9.17, 15) is 0 Å². The monoisotopic (exact) mass is 313 g/mol. The number of hydrogen-bond donors (Lipinski definition) is 0. The van der Waals surface area contributed by atoms with E-state index in [0.717, 1.165) is 6.42 Å². The average Bonchev–Trinajstić information content (AvgIpc) is 1.88. The molecule has 0 aliphatic heterocycles. The average molecular weight is 313 g/mol. The second kappa shape index (κ2) is 33.2. The molecule has 63 valence electrons. The maximum atomic E-state index is 3.72. The van der Waals surface area contributed by atoms with Gasteiger partial charge in [0.25, 0.3) is 0 Å². The Hall–Kier alpha value is 0.700. The van der Waals surface area contributed by atoms with Gasteiger partial charge in [0.1, 0.15) is 0 Å². The van der Waals surface area contributed by atoms with Crippen molar-refractivity contribution in [2.75, 3.05) is 0 Å². The van der Waals surface area contributed by atoms with Crippen LogP contribution in [0.1, 0.15) is 39.5 Å². The summed E-state index contributed by atoms with van der Waals surface area (Å²) in [6, 6.07) is 0. The molecule has 2 heteroatoms. The molecule has 0 saturated heterocycles. The van der Waals surface area contributed by atoms with Crippen molar-refractivity contribution < 1.29 is 27.9 Å². The Morgan fingerprint density at radius 1 is 1.10 bits per heavy atom. The molecule has 0 amide bonds. The maximum absolute atomic E-state index is 3.72. The summed E-state index contributed by atoms with van der Waals surface area (Å²) < 4.78 is 0. The van der Waals surface area contributed by atoms with E-state index in [0.29, 0.717) is 0 Å². The minimum absolute atomic E-state index is 0. The summed E-state index contributed by atoms with van der Waals surface area (Å²) >= 11 is 0. The third kappa shape index (κ3) is 37.7. The third-order valence-corrected chi connectivity index (χ3v) is 0.854. The number of hydrogen-bond acceptors (Lipinski definition) is 0. The van der Waals surface area contributed by atoms with Crippen molar-refractivity contribution in [3.05, 3.63) is 13.8 Å². The van der Waals surface area contributed by atoms with Crippen LogP contribution >= 0.6 is 0 Å². The fourth-order valence-electron chi connectivity index (χ4n) is 0.427. The van der Waals surface area contributed by atoms with Crippen LogP contribution in [0.4, 0.5) is 0 Å². The molecule has 10 heavy (non-hydrogen) atoms. The van der Waals surface area contributed by atoms with Crippen molar-refractivity contribution in [2.45, 2.75) is 39.5 Å². The third-order valence-electron chi connectivity index (χ3n) is 0.854. The van der Waals surface area contributed by atoms with E-state index in [1.54, 1.807) is 6.92 Å². The van der Waals surface area contributed by atoms with E-state index in [4.69, 9.17) is 0 Å². The predicted octanol–water partition coefficient (Wildman–Crippen LogP) is 2.41. The molecule has 0 aromatic carbocycles. The van der Waals surface area contributed by atoms with Crippen molar-refractivity contribution in [1.82, 2.24) is 0 Å². The second-order valence-electron chi connectivity index (χ2n) is 1.56. The molecule has 0 saturated carbocycles. The van der Waals surface area contributed by atoms with Gasteiger partial charge in [0.2, 0.25) is 0 Å². The molecule has 0 spiro atoms. The first-order valence-corrected chi connectivity index (χ1v) is 3.41. The van der Waals surface area contributed by atoms with Crippen molar-refractivity contribution in [2.24, 2.45) is 0 Å². The van der Waals surface area contributed by atoms with Gasteiger partial charge in [-0.25, -0.2) is 0 Å². The van der Waals surface area contributed by atoms with Gasteiger partial charge in [-0.15, -0.1) is 0 Å². The Morgan fingerprint density at radius 2 is 1.50 bits per heavy atom. The summed E-state index contributed by atoms with van der Waals surface area (Å²) in [5.74, 6) is 0. The molecule has 2 N–H and O–H groups in total. The SMILES string of the molecule is O.[CH2-]C.[CH2-]CCCCC.[Ta+2]. The molecule has 0 rings (SSSR count). The molecule has 1 radical (unpaired) electrons. The Morgan fingerprint density at radius 3 is 1.60 bits per heavy atom. The molecule has 0 aromatic heterocycles. The molecular formula is C8H20OTa. The summed E-state index contributed by atoms with van der Waals surface area (Å²) in [7, 11) is 0. The zero-order valence-electron chi connectivity index (χ0n) is 7.19. The fourth-order valence-corrected chi connectivity index (χ4v) is 0.427. The molecule has 0 unspecified atom stereocenters. The van der Waals surface area contributed by atoms with Crippen LogP contribution in [0.2, 0.25) is 0 Å². The van der Waals surface area contributed by atoms with Gasteiger partial charge in [0, 0.05) is 0 Å².